The monoisotopic (exact) mass is 401 g/mol. The highest BCUT2D eigenvalue weighted by Gasteiger charge is 2.18. The van der Waals surface area contributed by atoms with Gasteiger partial charge in [-0.2, -0.15) is 0 Å². The highest BCUT2D eigenvalue weighted by atomic mass is 32.1. The third-order valence-electron chi connectivity index (χ3n) is 4.53. The molecule has 2 rings (SSSR count). The molecule has 3 N–H and O–H groups in total. The summed E-state index contributed by atoms with van der Waals surface area (Å²) in [6.07, 6.45) is 1.07. The van der Waals surface area contributed by atoms with Crippen LogP contribution in [0.4, 0.5) is 0 Å². The molecule has 0 fully saturated rings. The average molecular weight is 402 g/mol. The quantitative estimate of drug-likeness (QED) is 0.604. The molecule has 1 aromatic carbocycles. The second-order valence-electron chi connectivity index (χ2n) is 6.68. The van der Waals surface area contributed by atoms with Crippen molar-refractivity contribution in [3.63, 3.8) is 0 Å². The van der Waals surface area contributed by atoms with Gasteiger partial charge in [-0.3, -0.25) is 14.4 Å². The summed E-state index contributed by atoms with van der Waals surface area (Å²) in [5, 5.41) is 9.86. The Balaban J connectivity index is 2.03. The first-order chi connectivity index (χ1) is 13.4. The normalized spacial score (nSPS) is 12.7. The smallest absolute Gasteiger partial charge is 0.240 e. The van der Waals surface area contributed by atoms with Crippen LogP contribution in [0.15, 0.2) is 41.8 Å². The molecule has 2 aromatic rings. The highest BCUT2D eigenvalue weighted by Crippen LogP contribution is 2.28. The van der Waals surface area contributed by atoms with Gasteiger partial charge in [0.1, 0.15) is 0 Å². The van der Waals surface area contributed by atoms with Gasteiger partial charge in [-0.1, -0.05) is 44.2 Å². The molecule has 0 aliphatic rings. The molecule has 0 saturated carbocycles. The molecule has 150 valence electrons. The van der Waals surface area contributed by atoms with E-state index in [1.807, 2.05) is 29.6 Å². The zero-order valence-electron chi connectivity index (χ0n) is 16.5. The van der Waals surface area contributed by atoms with Crippen LogP contribution in [0.3, 0.4) is 0 Å². The van der Waals surface area contributed by atoms with Crippen molar-refractivity contribution in [1.82, 2.24) is 16.0 Å². The van der Waals surface area contributed by atoms with Gasteiger partial charge >= 0.3 is 0 Å². The van der Waals surface area contributed by atoms with Crippen molar-refractivity contribution < 1.29 is 14.4 Å². The van der Waals surface area contributed by atoms with Crippen LogP contribution < -0.4 is 16.0 Å². The van der Waals surface area contributed by atoms with E-state index in [0.29, 0.717) is 5.92 Å². The van der Waals surface area contributed by atoms with E-state index in [1.54, 1.807) is 11.3 Å². The molecule has 28 heavy (non-hydrogen) atoms. The van der Waals surface area contributed by atoms with Gasteiger partial charge < -0.3 is 16.0 Å². The molecule has 6 nitrogen and oxygen atoms in total. The van der Waals surface area contributed by atoms with Crippen LogP contribution in [-0.2, 0) is 14.4 Å². The summed E-state index contributed by atoms with van der Waals surface area (Å²) in [5.41, 5.74) is 2.26. The third-order valence-corrected chi connectivity index (χ3v) is 5.47. The minimum absolute atomic E-state index is 0.145. The number of nitrogens with one attached hydrogen (secondary N) is 3. The predicted molar refractivity (Wildman–Crippen MR) is 111 cm³/mol. The van der Waals surface area contributed by atoms with E-state index in [2.05, 4.69) is 41.9 Å². The third kappa shape index (κ3) is 6.49. The Labute approximate surface area is 169 Å². The first-order valence-electron chi connectivity index (χ1n) is 9.34. The maximum absolute atomic E-state index is 12.4. The van der Waals surface area contributed by atoms with Gasteiger partial charge in [0.05, 0.1) is 19.1 Å². The van der Waals surface area contributed by atoms with Crippen molar-refractivity contribution >= 4 is 29.1 Å². The molecule has 2 unspecified atom stereocenters. The number of benzene rings is 1. The van der Waals surface area contributed by atoms with Crippen LogP contribution in [0.5, 0.6) is 0 Å². The molecule has 1 heterocycles. The number of rotatable bonds is 9. The highest BCUT2D eigenvalue weighted by molar-refractivity contribution is 7.10. The summed E-state index contributed by atoms with van der Waals surface area (Å²) in [6.45, 7) is 5.39. The van der Waals surface area contributed by atoms with E-state index in [1.165, 1.54) is 12.5 Å². The van der Waals surface area contributed by atoms with Crippen molar-refractivity contribution in [2.45, 2.75) is 39.2 Å². The molecule has 0 radical (unpaired) electrons. The van der Waals surface area contributed by atoms with E-state index >= 15 is 0 Å². The molecule has 0 bridgehead atoms. The molecule has 0 spiro atoms. The van der Waals surface area contributed by atoms with Crippen molar-refractivity contribution in [3.8, 4) is 0 Å². The standard InChI is InChI=1S/C21H27N3O3S/c1-4-14(2)16-7-9-17(10-8-16)21(18-6-5-11-28-18)24-20(27)13-23-19(26)12-22-15(3)25/h5-11,14,21H,4,12-13H2,1-3H3,(H,22,25)(H,23,26)(H,24,27). The number of thiophene rings is 1. The minimum Gasteiger partial charge on any atom is -0.347 e. The van der Waals surface area contributed by atoms with Crippen molar-refractivity contribution in [3.05, 3.63) is 57.8 Å². The number of hydrogen-bond acceptors (Lipinski definition) is 4. The fraction of sp³-hybridized carbons (Fsp3) is 0.381. The molecule has 0 aliphatic carbocycles. The van der Waals surface area contributed by atoms with E-state index < -0.39 is 5.91 Å². The molecule has 2 atom stereocenters. The van der Waals surface area contributed by atoms with E-state index in [0.717, 1.165) is 16.9 Å². The SMILES string of the molecule is CCC(C)c1ccc(C(NC(=O)CNC(=O)CNC(C)=O)c2cccs2)cc1. The second kappa shape index (κ2) is 10.6. The zero-order valence-corrected chi connectivity index (χ0v) is 17.3. The second-order valence-corrected chi connectivity index (χ2v) is 7.66. The Morgan fingerprint density at radius 1 is 0.964 bits per heavy atom. The fourth-order valence-corrected chi connectivity index (χ4v) is 3.49. The van der Waals surface area contributed by atoms with E-state index in [4.69, 9.17) is 0 Å². The molecule has 0 saturated heterocycles. The van der Waals surface area contributed by atoms with Gasteiger partial charge in [-0.15, -0.1) is 11.3 Å². The summed E-state index contributed by atoms with van der Waals surface area (Å²) in [4.78, 5) is 35.9. The van der Waals surface area contributed by atoms with Gasteiger partial charge in [0.2, 0.25) is 17.7 Å². The lowest BCUT2D eigenvalue weighted by atomic mass is 9.95. The van der Waals surface area contributed by atoms with Crippen molar-refractivity contribution in [1.29, 1.82) is 0 Å². The average Bonchev–Trinajstić information content (AvgIpc) is 3.23. The number of carbonyl (C=O) groups excluding carboxylic acids is 3. The Morgan fingerprint density at radius 2 is 1.61 bits per heavy atom. The van der Waals surface area contributed by atoms with Gasteiger partial charge in [0.15, 0.2) is 0 Å². The van der Waals surface area contributed by atoms with Crippen molar-refractivity contribution in [2.75, 3.05) is 13.1 Å². The predicted octanol–water partition coefficient (Wildman–Crippen LogP) is 2.72. The topological polar surface area (TPSA) is 87.3 Å². The summed E-state index contributed by atoms with van der Waals surface area (Å²) in [6, 6.07) is 11.9. The van der Waals surface area contributed by atoms with E-state index in [-0.39, 0.29) is 30.9 Å². The molecular formula is C21H27N3O3S. The summed E-state index contributed by atoms with van der Waals surface area (Å²) in [7, 11) is 0. The number of hydrogen-bond donors (Lipinski definition) is 3. The number of carbonyl (C=O) groups is 3. The van der Waals surface area contributed by atoms with Crippen LogP contribution in [0.1, 0.15) is 55.2 Å². The first-order valence-corrected chi connectivity index (χ1v) is 10.2. The van der Waals surface area contributed by atoms with Crippen LogP contribution >= 0.6 is 11.3 Å². The molecule has 3 amide bonds. The lowest BCUT2D eigenvalue weighted by Gasteiger charge is -2.19. The Morgan fingerprint density at radius 3 is 2.18 bits per heavy atom. The zero-order chi connectivity index (χ0) is 20.5. The summed E-state index contributed by atoms with van der Waals surface area (Å²) >= 11 is 1.57. The van der Waals surface area contributed by atoms with Crippen molar-refractivity contribution in [2.24, 2.45) is 0 Å². The maximum Gasteiger partial charge on any atom is 0.240 e. The maximum atomic E-state index is 12.4. The minimum atomic E-state index is -0.407. The van der Waals surface area contributed by atoms with E-state index in [9.17, 15) is 14.4 Å². The summed E-state index contributed by atoms with van der Waals surface area (Å²) < 4.78 is 0. The van der Waals surface area contributed by atoms with Gasteiger partial charge in [-0.25, -0.2) is 0 Å². The molecule has 7 heteroatoms. The van der Waals surface area contributed by atoms with Crippen LogP contribution in [-0.4, -0.2) is 30.8 Å². The molecular weight excluding hydrogens is 374 g/mol. The van der Waals surface area contributed by atoms with Crippen LogP contribution in [0.2, 0.25) is 0 Å². The lowest BCUT2D eigenvalue weighted by molar-refractivity contribution is -0.127. The summed E-state index contributed by atoms with van der Waals surface area (Å²) in [5.74, 6) is -0.502. The van der Waals surface area contributed by atoms with Gasteiger partial charge in [0, 0.05) is 11.8 Å². The molecule has 1 aromatic heterocycles. The first kappa shape index (κ1) is 21.6. The number of amides is 3. The van der Waals surface area contributed by atoms with Crippen LogP contribution in [0, 0.1) is 0 Å². The van der Waals surface area contributed by atoms with Crippen LogP contribution in [0.25, 0.3) is 0 Å². The Kier molecular flexibility index (Phi) is 8.19. The van der Waals surface area contributed by atoms with Gasteiger partial charge in [-0.05, 0) is 34.9 Å². The van der Waals surface area contributed by atoms with Gasteiger partial charge in [0.25, 0.3) is 0 Å². The largest absolute Gasteiger partial charge is 0.347 e. The Bertz CT molecular complexity index is 788. The molecule has 0 aliphatic heterocycles. The fourth-order valence-electron chi connectivity index (χ4n) is 2.69. The Hall–Kier alpha value is -2.67. The lowest BCUT2D eigenvalue weighted by Crippen LogP contribution is -2.42.